The maximum Gasteiger partial charge on any atom is 0.316 e. The maximum atomic E-state index is 12.0. The zero-order valence-corrected chi connectivity index (χ0v) is 11.8. The number of aryl methyl sites for hydroxylation is 2. The first-order valence-electron chi connectivity index (χ1n) is 7.47. The van der Waals surface area contributed by atoms with Crippen molar-refractivity contribution in [3.8, 4) is 0 Å². The fraction of sp³-hybridized carbons (Fsp3) is 0.471. The lowest BCUT2D eigenvalue weighted by atomic mass is 9.91. The summed E-state index contributed by atoms with van der Waals surface area (Å²) in [5.41, 5.74) is 4.84. The minimum atomic E-state index is -0.359. The molecule has 2 aromatic rings. The van der Waals surface area contributed by atoms with Crippen molar-refractivity contribution >= 4 is 16.9 Å². The molecule has 0 spiro atoms. The van der Waals surface area contributed by atoms with E-state index in [9.17, 15) is 4.79 Å². The van der Waals surface area contributed by atoms with Gasteiger partial charge >= 0.3 is 5.97 Å². The van der Waals surface area contributed by atoms with Gasteiger partial charge in [-0.2, -0.15) is 0 Å². The number of fused-ring (bicyclic) bond motifs is 3. The molecule has 1 N–H and O–H groups in total. The second kappa shape index (κ2) is 4.11. The summed E-state index contributed by atoms with van der Waals surface area (Å²) in [6, 6.07) is 6.44. The van der Waals surface area contributed by atoms with E-state index in [0.717, 1.165) is 31.2 Å². The van der Waals surface area contributed by atoms with Crippen LogP contribution < -0.4 is 0 Å². The number of hydrogen-bond donors (Lipinski definition) is 1. The number of aromatic nitrogens is 1. The number of ether oxygens (including phenoxy) is 1. The standard InChI is InChI=1S/C17H19NO2/c1-20-16(19)17(8-9-17)11-6-7-15-13(10-11)12-4-2-3-5-14(12)18-15/h6-7,10,18H,2-5,8-9H2,1H3. The number of nitrogens with one attached hydrogen (secondary N) is 1. The summed E-state index contributed by atoms with van der Waals surface area (Å²) < 4.78 is 4.99. The Kier molecular flexibility index (Phi) is 2.47. The molecule has 2 aliphatic carbocycles. The van der Waals surface area contributed by atoms with Crippen LogP contribution in [0.2, 0.25) is 0 Å². The van der Waals surface area contributed by atoms with Crippen molar-refractivity contribution in [1.82, 2.24) is 4.98 Å². The normalized spacial score (nSPS) is 19.6. The minimum absolute atomic E-state index is 0.0822. The number of hydrogen-bond acceptors (Lipinski definition) is 2. The minimum Gasteiger partial charge on any atom is -0.468 e. The number of H-pyrrole nitrogens is 1. The van der Waals surface area contributed by atoms with E-state index in [1.54, 1.807) is 0 Å². The Morgan fingerprint density at radius 1 is 1.25 bits per heavy atom. The summed E-state index contributed by atoms with van der Waals surface area (Å²) in [7, 11) is 1.49. The largest absolute Gasteiger partial charge is 0.468 e. The van der Waals surface area contributed by atoms with E-state index in [1.807, 2.05) is 0 Å². The van der Waals surface area contributed by atoms with Gasteiger partial charge < -0.3 is 9.72 Å². The summed E-state index contributed by atoms with van der Waals surface area (Å²) >= 11 is 0. The van der Waals surface area contributed by atoms with Gasteiger partial charge in [-0.25, -0.2) is 0 Å². The number of esters is 1. The van der Waals surface area contributed by atoms with Gasteiger partial charge in [0, 0.05) is 16.6 Å². The molecule has 0 amide bonds. The third-order valence-corrected chi connectivity index (χ3v) is 4.98. The Morgan fingerprint density at radius 3 is 2.80 bits per heavy atom. The molecule has 1 fully saturated rings. The van der Waals surface area contributed by atoms with Crippen molar-refractivity contribution in [3.05, 3.63) is 35.0 Å². The molecule has 0 bridgehead atoms. The fourth-order valence-electron chi connectivity index (χ4n) is 3.63. The van der Waals surface area contributed by atoms with Gasteiger partial charge in [0.15, 0.2) is 0 Å². The highest BCUT2D eigenvalue weighted by atomic mass is 16.5. The molecule has 20 heavy (non-hydrogen) atoms. The average Bonchev–Trinajstić information content (AvgIpc) is 3.22. The molecule has 3 nitrogen and oxygen atoms in total. The lowest BCUT2D eigenvalue weighted by Gasteiger charge is -2.14. The monoisotopic (exact) mass is 269 g/mol. The third-order valence-electron chi connectivity index (χ3n) is 4.98. The summed E-state index contributed by atoms with van der Waals surface area (Å²) in [4.78, 5) is 15.6. The van der Waals surface area contributed by atoms with Crippen molar-refractivity contribution < 1.29 is 9.53 Å². The van der Waals surface area contributed by atoms with Gasteiger partial charge in [0.1, 0.15) is 0 Å². The van der Waals surface area contributed by atoms with Gasteiger partial charge in [0.2, 0.25) is 0 Å². The van der Waals surface area contributed by atoms with Gasteiger partial charge in [-0.1, -0.05) is 6.07 Å². The van der Waals surface area contributed by atoms with Crippen molar-refractivity contribution in [2.24, 2.45) is 0 Å². The van der Waals surface area contributed by atoms with Gasteiger partial charge in [0.05, 0.1) is 12.5 Å². The van der Waals surface area contributed by atoms with Gasteiger partial charge in [0.25, 0.3) is 0 Å². The second-order valence-corrected chi connectivity index (χ2v) is 6.12. The predicted octanol–water partition coefficient (Wildman–Crippen LogP) is 3.25. The second-order valence-electron chi connectivity index (χ2n) is 6.12. The zero-order valence-electron chi connectivity index (χ0n) is 11.8. The predicted molar refractivity (Wildman–Crippen MR) is 77.9 cm³/mol. The van der Waals surface area contributed by atoms with Crippen LogP contribution in [0.15, 0.2) is 18.2 Å². The lowest BCUT2D eigenvalue weighted by Crippen LogP contribution is -2.21. The van der Waals surface area contributed by atoms with Gasteiger partial charge in [-0.05, 0) is 61.8 Å². The quantitative estimate of drug-likeness (QED) is 0.850. The van der Waals surface area contributed by atoms with E-state index in [-0.39, 0.29) is 11.4 Å². The molecule has 3 heteroatoms. The summed E-state index contributed by atoms with van der Waals surface area (Å²) in [5.74, 6) is -0.0822. The van der Waals surface area contributed by atoms with Crippen LogP contribution in [0.1, 0.15) is 42.5 Å². The summed E-state index contributed by atoms with van der Waals surface area (Å²) in [5, 5.41) is 1.31. The van der Waals surface area contributed by atoms with Crippen LogP contribution in [0.3, 0.4) is 0 Å². The lowest BCUT2D eigenvalue weighted by molar-refractivity contribution is -0.143. The van der Waals surface area contributed by atoms with E-state index in [0.29, 0.717) is 0 Å². The SMILES string of the molecule is COC(=O)C1(c2ccc3[nH]c4c(c3c2)CCCC4)CC1. The number of carbonyl (C=O) groups is 1. The molecule has 2 aliphatic rings. The van der Waals surface area contributed by atoms with Crippen LogP contribution in [-0.2, 0) is 27.8 Å². The van der Waals surface area contributed by atoms with E-state index < -0.39 is 0 Å². The van der Waals surface area contributed by atoms with E-state index in [1.165, 1.54) is 42.1 Å². The Balaban J connectivity index is 1.85. The zero-order chi connectivity index (χ0) is 13.7. The summed E-state index contributed by atoms with van der Waals surface area (Å²) in [6.45, 7) is 0. The van der Waals surface area contributed by atoms with Crippen LogP contribution in [0.5, 0.6) is 0 Å². The average molecular weight is 269 g/mol. The first-order valence-corrected chi connectivity index (χ1v) is 7.47. The highest BCUT2D eigenvalue weighted by Gasteiger charge is 2.52. The molecular weight excluding hydrogens is 250 g/mol. The molecule has 1 aromatic carbocycles. The Hall–Kier alpha value is -1.77. The van der Waals surface area contributed by atoms with Crippen LogP contribution in [-0.4, -0.2) is 18.1 Å². The van der Waals surface area contributed by atoms with Crippen molar-refractivity contribution in [2.75, 3.05) is 7.11 Å². The van der Waals surface area contributed by atoms with Crippen LogP contribution in [0, 0.1) is 0 Å². The number of aromatic amines is 1. The Morgan fingerprint density at radius 2 is 2.05 bits per heavy atom. The maximum absolute atomic E-state index is 12.0. The number of rotatable bonds is 2. The molecule has 1 heterocycles. The first kappa shape index (κ1) is 12.0. The topological polar surface area (TPSA) is 42.1 Å². The van der Waals surface area contributed by atoms with Gasteiger partial charge in [-0.3, -0.25) is 4.79 Å². The van der Waals surface area contributed by atoms with E-state index in [4.69, 9.17) is 4.74 Å². The van der Waals surface area contributed by atoms with E-state index in [2.05, 4.69) is 23.2 Å². The molecule has 4 rings (SSSR count). The Labute approximate surface area is 118 Å². The molecular formula is C17H19NO2. The van der Waals surface area contributed by atoms with Crippen LogP contribution in [0.25, 0.3) is 10.9 Å². The Bertz CT molecular complexity index is 694. The molecule has 0 radical (unpaired) electrons. The molecule has 0 unspecified atom stereocenters. The van der Waals surface area contributed by atoms with Crippen molar-refractivity contribution in [1.29, 1.82) is 0 Å². The third kappa shape index (κ3) is 1.55. The first-order chi connectivity index (χ1) is 9.74. The number of methoxy groups -OCH3 is 1. The molecule has 104 valence electrons. The molecule has 1 saturated carbocycles. The van der Waals surface area contributed by atoms with Crippen molar-refractivity contribution in [2.45, 2.75) is 43.9 Å². The number of carbonyl (C=O) groups excluding carboxylic acids is 1. The smallest absolute Gasteiger partial charge is 0.316 e. The molecule has 0 saturated heterocycles. The molecule has 0 aliphatic heterocycles. The molecule has 0 atom stereocenters. The summed E-state index contributed by atoms with van der Waals surface area (Å²) in [6.07, 6.45) is 6.69. The highest BCUT2D eigenvalue weighted by molar-refractivity contribution is 5.91. The fourth-order valence-corrected chi connectivity index (χ4v) is 3.63. The van der Waals surface area contributed by atoms with Crippen LogP contribution in [0.4, 0.5) is 0 Å². The van der Waals surface area contributed by atoms with Crippen LogP contribution >= 0.6 is 0 Å². The van der Waals surface area contributed by atoms with Gasteiger partial charge in [-0.15, -0.1) is 0 Å². The highest BCUT2D eigenvalue weighted by Crippen LogP contribution is 2.50. The molecule has 1 aromatic heterocycles. The van der Waals surface area contributed by atoms with Crippen molar-refractivity contribution in [3.63, 3.8) is 0 Å². The number of benzene rings is 1. The van der Waals surface area contributed by atoms with E-state index >= 15 is 0 Å².